The topological polar surface area (TPSA) is 151 Å². The number of amides is 6. The van der Waals surface area contributed by atoms with Crippen LogP contribution in [0.15, 0.2) is 30.3 Å². The van der Waals surface area contributed by atoms with Crippen LogP contribution in [-0.2, 0) is 14.4 Å². The molecule has 1 aromatic rings. The summed E-state index contributed by atoms with van der Waals surface area (Å²) in [5, 5.41) is 18.7. The monoisotopic (exact) mass is 483 g/mol. The van der Waals surface area contributed by atoms with Crippen LogP contribution in [0, 0.1) is 0 Å². The van der Waals surface area contributed by atoms with Crippen molar-refractivity contribution in [3.8, 4) is 0 Å². The summed E-state index contributed by atoms with van der Waals surface area (Å²) in [6, 6.07) is 3.93. The van der Waals surface area contributed by atoms with Crippen molar-refractivity contribution in [2.24, 2.45) is 0 Å². The number of nitrogens with one attached hydrogen (secondary N) is 3. The third kappa shape index (κ3) is 4.57. The molecule has 0 spiro atoms. The molecular formula is C20H22N5NaO6S. The zero-order chi connectivity index (χ0) is 23.2. The quantitative estimate of drug-likeness (QED) is 0.284. The number of hydrogen-bond donors (Lipinski definition) is 3. The summed E-state index contributed by atoms with van der Waals surface area (Å²) in [5.41, 5.74) is 0.466. The van der Waals surface area contributed by atoms with E-state index in [-0.39, 0.29) is 36.1 Å². The average Bonchev–Trinajstić information content (AvgIpc) is 3.29. The van der Waals surface area contributed by atoms with Crippen LogP contribution < -0.4 is 50.6 Å². The number of β-lactam (4-membered cyclic amide) rings is 1. The van der Waals surface area contributed by atoms with Gasteiger partial charge in [0.1, 0.15) is 17.5 Å². The Morgan fingerprint density at radius 2 is 1.88 bits per heavy atom. The number of urea groups is 2. The van der Waals surface area contributed by atoms with E-state index in [9.17, 15) is 29.1 Å². The summed E-state index contributed by atoms with van der Waals surface area (Å²) >= 11 is 1.27. The van der Waals surface area contributed by atoms with Crippen molar-refractivity contribution >= 4 is 41.6 Å². The molecule has 3 fully saturated rings. The molecule has 0 bridgehead atoms. The average molecular weight is 483 g/mol. The third-order valence-corrected chi connectivity index (χ3v) is 7.30. The maximum atomic E-state index is 13.1. The number of carbonyl (C=O) groups excluding carboxylic acids is 5. The number of benzene rings is 1. The van der Waals surface area contributed by atoms with Crippen LogP contribution in [0.4, 0.5) is 9.59 Å². The smallest absolute Gasteiger partial charge is 0.548 e. The van der Waals surface area contributed by atoms with Crippen LogP contribution in [-0.4, -0.2) is 74.9 Å². The van der Waals surface area contributed by atoms with Crippen LogP contribution in [0.3, 0.4) is 0 Å². The Balaban J connectivity index is 0.00000306. The first-order chi connectivity index (χ1) is 15.1. The molecule has 3 heterocycles. The van der Waals surface area contributed by atoms with Gasteiger partial charge in [0.2, 0.25) is 11.8 Å². The molecule has 4 atom stereocenters. The van der Waals surface area contributed by atoms with Crippen molar-refractivity contribution in [2.45, 2.75) is 42.1 Å². The minimum Gasteiger partial charge on any atom is -0.548 e. The predicted molar refractivity (Wildman–Crippen MR) is 111 cm³/mol. The van der Waals surface area contributed by atoms with E-state index in [4.69, 9.17) is 0 Å². The van der Waals surface area contributed by atoms with E-state index in [0.717, 1.165) is 4.90 Å². The van der Waals surface area contributed by atoms with Gasteiger partial charge in [0, 0.05) is 17.8 Å². The van der Waals surface area contributed by atoms with Gasteiger partial charge in [0.15, 0.2) is 0 Å². The Hall–Kier alpha value is -2.28. The number of carboxylic acids is 1. The van der Waals surface area contributed by atoms with Crippen LogP contribution in [0.1, 0.15) is 25.5 Å². The van der Waals surface area contributed by atoms with E-state index < -0.39 is 58.1 Å². The largest absolute Gasteiger partial charge is 1.00 e. The molecule has 4 rings (SSSR count). The summed E-state index contributed by atoms with van der Waals surface area (Å²) in [7, 11) is 0. The van der Waals surface area contributed by atoms with Gasteiger partial charge in [0.25, 0.3) is 0 Å². The Bertz CT molecular complexity index is 992. The molecule has 0 saturated carbocycles. The SMILES string of the molecule is CC1(C)S[C@@H]2[C@H](NC(=O)[C@H](NC(=O)N3CCNC3=O)c3ccccc3)C(=O)N2C1C(=O)[O-].[Na+]. The number of rotatable bonds is 5. The number of nitrogens with zero attached hydrogens (tertiary/aromatic N) is 2. The molecule has 3 saturated heterocycles. The van der Waals surface area contributed by atoms with Crippen molar-refractivity contribution in [3.05, 3.63) is 35.9 Å². The fraction of sp³-hybridized carbons (Fsp3) is 0.450. The van der Waals surface area contributed by atoms with Gasteiger partial charge in [-0.1, -0.05) is 30.3 Å². The van der Waals surface area contributed by atoms with Crippen LogP contribution in [0.5, 0.6) is 0 Å². The summed E-state index contributed by atoms with van der Waals surface area (Å²) in [6.07, 6.45) is 0. The van der Waals surface area contributed by atoms with Crippen molar-refractivity contribution in [1.82, 2.24) is 25.8 Å². The van der Waals surface area contributed by atoms with E-state index in [0.29, 0.717) is 12.1 Å². The summed E-state index contributed by atoms with van der Waals surface area (Å²) in [6.45, 7) is 3.89. The Labute approximate surface area is 216 Å². The molecule has 33 heavy (non-hydrogen) atoms. The van der Waals surface area contributed by atoms with Gasteiger partial charge < -0.3 is 30.8 Å². The molecule has 3 aliphatic rings. The maximum absolute atomic E-state index is 13.1. The van der Waals surface area contributed by atoms with Crippen molar-refractivity contribution in [3.63, 3.8) is 0 Å². The van der Waals surface area contributed by atoms with Gasteiger partial charge in [-0.25, -0.2) is 14.5 Å². The predicted octanol–water partition coefficient (Wildman–Crippen LogP) is -4.24. The number of thioether (sulfide) groups is 1. The number of aliphatic carboxylic acids is 1. The standard InChI is InChI=1S/C20H23N5O6S.Na/c1-20(2)13(17(28)29)25-15(27)12(16(25)32-20)22-14(26)11(10-6-4-3-5-7-10)23-19(31)24-9-8-21-18(24)30;/h3-7,11-13,16H,8-9H2,1-2H3,(H,21,30)(H,22,26)(H,23,31)(H,28,29);/q;+1/p-1/t11-,12-,13?,16-;/m1./s1. The van der Waals surface area contributed by atoms with Crippen molar-refractivity contribution in [1.29, 1.82) is 0 Å². The second-order valence-corrected chi connectivity index (χ2v) is 10.0. The first kappa shape index (κ1) is 25.3. The minimum absolute atomic E-state index is 0. The Kier molecular flexibility index (Phi) is 7.32. The second-order valence-electron chi connectivity index (χ2n) is 8.24. The van der Waals surface area contributed by atoms with Crippen molar-refractivity contribution in [2.75, 3.05) is 13.1 Å². The fourth-order valence-electron chi connectivity index (χ4n) is 4.18. The van der Waals surface area contributed by atoms with Gasteiger partial charge in [-0.2, -0.15) is 0 Å². The van der Waals surface area contributed by atoms with E-state index >= 15 is 0 Å². The summed E-state index contributed by atoms with van der Waals surface area (Å²) in [5.74, 6) is -2.51. The van der Waals surface area contributed by atoms with E-state index in [1.54, 1.807) is 44.2 Å². The third-order valence-electron chi connectivity index (χ3n) is 5.73. The van der Waals surface area contributed by atoms with E-state index in [2.05, 4.69) is 16.0 Å². The molecule has 3 aliphatic heterocycles. The van der Waals surface area contributed by atoms with Gasteiger partial charge in [0.05, 0.1) is 12.0 Å². The number of carboxylic acid groups (broad SMARTS) is 1. The Morgan fingerprint density at radius 1 is 1.21 bits per heavy atom. The van der Waals surface area contributed by atoms with Crippen LogP contribution in [0.2, 0.25) is 0 Å². The summed E-state index contributed by atoms with van der Waals surface area (Å²) in [4.78, 5) is 63.9. The molecule has 0 aromatic heterocycles. The molecule has 3 N–H and O–H groups in total. The molecule has 1 unspecified atom stereocenters. The molecule has 13 heteroatoms. The second kappa shape index (κ2) is 9.53. The Morgan fingerprint density at radius 3 is 2.45 bits per heavy atom. The summed E-state index contributed by atoms with van der Waals surface area (Å²) < 4.78 is -0.783. The molecule has 0 radical (unpaired) electrons. The molecular weight excluding hydrogens is 461 g/mol. The minimum atomic E-state index is -1.35. The maximum Gasteiger partial charge on any atom is 1.00 e. The van der Waals surface area contributed by atoms with Crippen LogP contribution >= 0.6 is 11.8 Å². The number of carbonyl (C=O) groups is 5. The normalized spacial score (nSPS) is 25.8. The van der Waals surface area contributed by atoms with Gasteiger partial charge in [-0.15, -0.1) is 11.8 Å². The first-order valence-corrected chi connectivity index (χ1v) is 10.9. The number of hydrogen-bond acceptors (Lipinski definition) is 7. The van der Waals surface area contributed by atoms with Gasteiger partial charge in [-0.05, 0) is 19.4 Å². The molecule has 0 aliphatic carbocycles. The van der Waals surface area contributed by atoms with Gasteiger partial charge in [-0.3, -0.25) is 9.59 Å². The van der Waals surface area contributed by atoms with E-state index in [1.165, 1.54) is 16.7 Å². The zero-order valence-electron chi connectivity index (χ0n) is 18.4. The van der Waals surface area contributed by atoms with Crippen molar-refractivity contribution < 1.29 is 58.6 Å². The molecule has 11 nitrogen and oxygen atoms in total. The molecule has 6 amide bonds. The number of imide groups is 1. The molecule has 1 aromatic carbocycles. The van der Waals surface area contributed by atoms with Gasteiger partial charge >= 0.3 is 41.6 Å². The zero-order valence-corrected chi connectivity index (χ0v) is 21.2. The fourth-order valence-corrected chi connectivity index (χ4v) is 5.80. The van der Waals surface area contributed by atoms with Crippen LogP contribution in [0.25, 0.3) is 0 Å². The molecule has 170 valence electrons. The number of fused-ring (bicyclic) bond motifs is 1. The van der Waals surface area contributed by atoms with E-state index in [1.807, 2.05) is 0 Å². The first-order valence-electron chi connectivity index (χ1n) is 10.0.